The van der Waals surface area contributed by atoms with Crippen molar-refractivity contribution >= 4 is 17.9 Å². The summed E-state index contributed by atoms with van der Waals surface area (Å²) in [6.45, 7) is 7.49. The number of hydrogen-bond acceptors (Lipinski definition) is 4. The van der Waals surface area contributed by atoms with Crippen LogP contribution in [-0.4, -0.2) is 57.3 Å². The smallest absolute Gasteiger partial charge is 0.362 e. The van der Waals surface area contributed by atoms with E-state index in [1.54, 1.807) is 20.8 Å². The van der Waals surface area contributed by atoms with E-state index in [4.69, 9.17) is 0 Å². The van der Waals surface area contributed by atoms with Crippen LogP contribution in [0, 0.1) is 0 Å². The lowest BCUT2D eigenvalue weighted by Gasteiger charge is -2.51. The first-order valence-electron chi connectivity index (χ1n) is 17.4. The second-order valence-corrected chi connectivity index (χ2v) is 12.2. The second-order valence-electron chi connectivity index (χ2n) is 12.2. The number of quaternary nitrogens is 1. The van der Waals surface area contributed by atoms with E-state index in [0.717, 1.165) is 19.3 Å². The van der Waals surface area contributed by atoms with Gasteiger partial charge in [0.15, 0.2) is 12.1 Å². The maximum atomic E-state index is 12.2. The number of carboxylic acids is 3. The first-order chi connectivity index (χ1) is 20.2. The molecule has 0 aromatic heterocycles. The Morgan fingerprint density at radius 1 is 0.548 bits per heavy atom. The normalized spacial score (nSPS) is 15.3. The van der Waals surface area contributed by atoms with Gasteiger partial charge in [0, 0.05) is 19.3 Å². The van der Waals surface area contributed by atoms with Crippen molar-refractivity contribution in [3.63, 3.8) is 0 Å². The summed E-state index contributed by atoms with van der Waals surface area (Å²) in [6.07, 6.45) is 28.3. The molecule has 0 aromatic carbocycles. The average Bonchev–Trinajstić information content (AvgIpc) is 2.94. The average molecular weight is 596 g/mol. The Labute approximate surface area is 257 Å². The van der Waals surface area contributed by atoms with Gasteiger partial charge in [-0.2, -0.15) is 0 Å². The second kappa shape index (κ2) is 25.6. The number of allylic oxidation sites excluding steroid dienone is 2. The maximum Gasteiger partial charge on any atom is 0.362 e. The van der Waals surface area contributed by atoms with E-state index >= 15 is 0 Å². The third kappa shape index (κ3) is 15.5. The number of carboxylic acid groups (broad SMARTS) is 3. The van der Waals surface area contributed by atoms with Crippen molar-refractivity contribution in [2.45, 2.75) is 187 Å². The van der Waals surface area contributed by atoms with Crippen molar-refractivity contribution < 1.29 is 34.2 Å². The van der Waals surface area contributed by atoms with Crippen molar-refractivity contribution in [3.8, 4) is 0 Å². The van der Waals surface area contributed by atoms with Crippen LogP contribution in [-0.2, 0) is 14.4 Å². The molecule has 0 saturated heterocycles. The molecule has 0 rings (SSSR count). The van der Waals surface area contributed by atoms with Crippen LogP contribution >= 0.6 is 0 Å². The predicted octanol–water partition coefficient (Wildman–Crippen LogP) is 8.05. The molecule has 0 bridgehead atoms. The highest BCUT2D eigenvalue weighted by Gasteiger charge is 2.53. The van der Waals surface area contributed by atoms with Crippen molar-refractivity contribution in [2.24, 2.45) is 0 Å². The van der Waals surface area contributed by atoms with Gasteiger partial charge in [-0.1, -0.05) is 130 Å². The Kier molecular flexibility index (Phi) is 24.4. The highest BCUT2D eigenvalue weighted by atomic mass is 16.4. The zero-order valence-electron chi connectivity index (χ0n) is 27.6. The first-order valence-corrected chi connectivity index (χ1v) is 17.4. The summed E-state index contributed by atoms with van der Waals surface area (Å²) < 4.78 is -0.487. The van der Waals surface area contributed by atoms with E-state index in [0.29, 0.717) is 6.42 Å². The minimum Gasteiger partial charge on any atom is -0.544 e. The molecular weight excluding hydrogens is 530 g/mol. The Hall–Kier alpha value is -1.89. The van der Waals surface area contributed by atoms with E-state index in [2.05, 4.69) is 19.1 Å². The molecule has 0 aromatic rings. The van der Waals surface area contributed by atoms with Gasteiger partial charge in [-0.25, -0.2) is 9.59 Å². The summed E-state index contributed by atoms with van der Waals surface area (Å²) in [5, 5.41) is 32.2. The lowest BCUT2D eigenvalue weighted by molar-refractivity contribution is -0.974. The van der Waals surface area contributed by atoms with Gasteiger partial charge in [0.2, 0.25) is 0 Å². The third-order valence-corrected chi connectivity index (χ3v) is 9.05. The van der Waals surface area contributed by atoms with Crippen LogP contribution in [0.15, 0.2) is 12.2 Å². The fourth-order valence-corrected chi connectivity index (χ4v) is 6.78. The van der Waals surface area contributed by atoms with Crippen LogP contribution in [0.4, 0.5) is 0 Å². The zero-order valence-corrected chi connectivity index (χ0v) is 27.6. The molecule has 0 heterocycles. The molecule has 2 N–H and O–H groups in total. The number of carbonyl (C=O) groups is 3. The Morgan fingerprint density at radius 2 is 0.881 bits per heavy atom. The topological polar surface area (TPSA) is 115 Å². The monoisotopic (exact) mass is 595 g/mol. The molecular formula is C35H65NO6. The number of carbonyl (C=O) groups excluding carboxylic acids is 1. The number of unbranched alkanes of at least 4 members (excludes halogenated alkanes) is 17. The SMILES string of the molecule is CCCCCCCCCCCCCCCCC/C=C/CCCC[N+](C(CC)C(=O)[O-])(C(CC)C(=O)O)C(CC)C(=O)O. The number of rotatable bonds is 30. The van der Waals surface area contributed by atoms with Gasteiger partial charge in [0.25, 0.3) is 0 Å². The largest absolute Gasteiger partial charge is 0.544 e. The van der Waals surface area contributed by atoms with Crippen LogP contribution in [0.2, 0.25) is 0 Å². The van der Waals surface area contributed by atoms with Gasteiger partial charge in [-0.15, -0.1) is 0 Å². The highest BCUT2D eigenvalue weighted by molar-refractivity contribution is 5.77. The molecule has 3 unspecified atom stereocenters. The molecule has 0 aliphatic rings. The van der Waals surface area contributed by atoms with Crippen LogP contribution in [0.25, 0.3) is 0 Å². The molecule has 0 spiro atoms. The van der Waals surface area contributed by atoms with E-state index in [-0.39, 0.29) is 25.8 Å². The molecule has 0 fully saturated rings. The van der Waals surface area contributed by atoms with Gasteiger partial charge in [-0.05, 0) is 32.1 Å². The molecule has 0 aliphatic heterocycles. The van der Waals surface area contributed by atoms with Gasteiger partial charge in [-0.3, -0.25) is 4.48 Å². The summed E-state index contributed by atoms with van der Waals surface area (Å²) in [7, 11) is 0. The number of hydrogen-bond donors (Lipinski definition) is 2. The van der Waals surface area contributed by atoms with Gasteiger partial charge in [0.05, 0.1) is 12.5 Å². The molecule has 0 saturated carbocycles. The molecule has 0 aliphatic carbocycles. The molecule has 0 amide bonds. The van der Waals surface area contributed by atoms with E-state index in [9.17, 15) is 29.7 Å². The fraction of sp³-hybridized carbons (Fsp3) is 0.857. The third-order valence-electron chi connectivity index (χ3n) is 9.05. The zero-order chi connectivity index (χ0) is 31.6. The summed E-state index contributed by atoms with van der Waals surface area (Å²) in [4.78, 5) is 36.6. The predicted molar refractivity (Wildman–Crippen MR) is 170 cm³/mol. The van der Waals surface area contributed by atoms with Crippen molar-refractivity contribution in [1.82, 2.24) is 0 Å². The van der Waals surface area contributed by atoms with Crippen LogP contribution in [0.3, 0.4) is 0 Å². The summed E-state index contributed by atoms with van der Waals surface area (Å²) in [5.41, 5.74) is 0. The summed E-state index contributed by atoms with van der Waals surface area (Å²) >= 11 is 0. The highest BCUT2D eigenvalue weighted by Crippen LogP contribution is 2.32. The lowest BCUT2D eigenvalue weighted by atomic mass is 9.94. The minimum atomic E-state index is -1.37. The molecule has 246 valence electrons. The molecule has 42 heavy (non-hydrogen) atoms. The van der Waals surface area contributed by atoms with E-state index in [1.807, 2.05) is 0 Å². The maximum absolute atomic E-state index is 12.2. The van der Waals surface area contributed by atoms with Gasteiger partial charge >= 0.3 is 11.9 Å². The standard InChI is InChI=1S/C35H65NO6/c1-5-9-10-11-12-13-14-15-16-17-18-19-20-21-22-23-24-25-26-27-28-29-36(30(6-2)33(37)38,31(7-3)34(39)40)32(8-4)35(41)42/h24-25,30-32H,5-23,26-29H2,1-4H3,(H2-,37,38,39,40,41,42)/b25-24+. The van der Waals surface area contributed by atoms with Crippen LogP contribution in [0.5, 0.6) is 0 Å². The number of nitrogens with zero attached hydrogens (tertiary/aromatic N) is 1. The quantitative estimate of drug-likeness (QED) is 0.0493. The minimum absolute atomic E-state index is 0.120. The summed E-state index contributed by atoms with van der Waals surface area (Å²) in [6, 6.07) is -3.42. The van der Waals surface area contributed by atoms with Crippen LogP contribution in [0.1, 0.15) is 169 Å². The Morgan fingerprint density at radius 3 is 1.19 bits per heavy atom. The van der Waals surface area contributed by atoms with Crippen molar-refractivity contribution in [2.75, 3.05) is 6.54 Å². The molecule has 7 heteroatoms. The van der Waals surface area contributed by atoms with Gasteiger partial charge in [0.1, 0.15) is 6.04 Å². The first kappa shape index (κ1) is 40.1. The Balaban J connectivity index is 4.42. The van der Waals surface area contributed by atoms with Gasteiger partial charge < -0.3 is 20.1 Å². The van der Waals surface area contributed by atoms with Crippen LogP contribution < -0.4 is 5.11 Å². The van der Waals surface area contributed by atoms with Crippen molar-refractivity contribution in [1.29, 1.82) is 0 Å². The molecule has 7 nitrogen and oxygen atoms in total. The van der Waals surface area contributed by atoms with Crippen molar-refractivity contribution in [3.05, 3.63) is 12.2 Å². The molecule has 3 atom stereocenters. The van der Waals surface area contributed by atoms with E-state index < -0.39 is 40.5 Å². The number of aliphatic carboxylic acids is 3. The molecule has 0 radical (unpaired) electrons. The lowest BCUT2D eigenvalue weighted by Crippen LogP contribution is -2.73. The Bertz CT molecular complexity index is 682. The van der Waals surface area contributed by atoms with E-state index in [1.165, 1.54) is 96.3 Å². The summed E-state index contributed by atoms with van der Waals surface area (Å²) in [5.74, 6) is -3.68. The fourth-order valence-electron chi connectivity index (χ4n) is 6.78.